The lowest BCUT2D eigenvalue weighted by molar-refractivity contribution is -0.123. The van der Waals surface area contributed by atoms with Gasteiger partial charge in [-0.3, -0.25) is 4.79 Å². The van der Waals surface area contributed by atoms with Crippen LogP contribution >= 0.6 is 11.6 Å². The van der Waals surface area contributed by atoms with Gasteiger partial charge in [0.05, 0.1) is 11.3 Å². The molecule has 1 N–H and O–H groups in total. The topological polar surface area (TPSA) is 89.5 Å². The minimum atomic E-state index is -3.23. The zero-order valence-corrected chi connectivity index (χ0v) is 16.7. The first-order chi connectivity index (χ1) is 12.6. The van der Waals surface area contributed by atoms with Crippen LogP contribution in [0.2, 0.25) is 5.02 Å². The number of hydrogen-bond acceptors (Lipinski definition) is 5. The van der Waals surface area contributed by atoms with Gasteiger partial charge in [-0.25, -0.2) is 13.2 Å². The summed E-state index contributed by atoms with van der Waals surface area (Å²) in [5.74, 6) is -1.39. The van der Waals surface area contributed by atoms with Crippen LogP contribution in [0.4, 0.5) is 5.69 Å². The van der Waals surface area contributed by atoms with Crippen molar-refractivity contribution in [1.29, 1.82) is 0 Å². The predicted octanol–water partition coefficient (Wildman–Crippen LogP) is 3.38. The Morgan fingerprint density at radius 3 is 2.52 bits per heavy atom. The summed E-state index contributed by atoms with van der Waals surface area (Å²) >= 11 is 6.02. The van der Waals surface area contributed by atoms with Crippen LogP contribution in [0.1, 0.15) is 28.4 Å². The molecule has 1 atom stereocenters. The van der Waals surface area contributed by atoms with Gasteiger partial charge in [0, 0.05) is 17.0 Å². The van der Waals surface area contributed by atoms with E-state index in [2.05, 4.69) is 5.32 Å². The van der Waals surface area contributed by atoms with E-state index in [0.29, 0.717) is 21.8 Å². The SMILES string of the molecule is Cc1c(Cl)cccc1NC(=O)[C@@H](C)OC(=O)c1cccc(CS(C)(=O)=O)c1. The van der Waals surface area contributed by atoms with Crippen molar-refractivity contribution >= 4 is 39.0 Å². The van der Waals surface area contributed by atoms with Crippen molar-refractivity contribution in [3.05, 3.63) is 64.2 Å². The molecule has 2 aromatic rings. The maximum absolute atomic E-state index is 12.3. The maximum atomic E-state index is 12.3. The molecule has 0 heterocycles. The number of ether oxygens (including phenoxy) is 1. The second-order valence-electron chi connectivity index (χ2n) is 6.22. The van der Waals surface area contributed by atoms with Crippen molar-refractivity contribution in [2.24, 2.45) is 0 Å². The third kappa shape index (κ3) is 6.08. The van der Waals surface area contributed by atoms with Crippen molar-refractivity contribution in [1.82, 2.24) is 0 Å². The molecule has 2 rings (SSSR count). The normalized spacial score (nSPS) is 12.3. The number of benzene rings is 2. The molecule has 6 nitrogen and oxygen atoms in total. The number of rotatable bonds is 6. The molecule has 0 radical (unpaired) electrons. The van der Waals surface area contributed by atoms with Gasteiger partial charge in [0.15, 0.2) is 15.9 Å². The lowest BCUT2D eigenvalue weighted by atomic mass is 10.1. The molecule has 0 unspecified atom stereocenters. The number of esters is 1. The molecule has 0 saturated heterocycles. The molecular weight excluding hydrogens is 390 g/mol. The highest BCUT2D eigenvalue weighted by molar-refractivity contribution is 7.89. The largest absolute Gasteiger partial charge is 0.449 e. The zero-order chi connectivity index (χ0) is 20.2. The predicted molar refractivity (Wildman–Crippen MR) is 105 cm³/mol. The summed E-state index contributed by atoms with van der Waals surface area (Å²) in [5.41, 5.74) is 1.89. The summed E-state index contributed by atoms with van der Waals surface area (Å²) in [4.78, 5) is 24.6. The van der Waals surface area contributed by atoms with E-state index in [1.54, 1.807) is 37.3 Å². The molecule has 0 saturated carbocycles. The first-order valence-electron chi connectivity index (χ1n) is 8.10. The van der Waals surface area contributed by atoms with E-state index in [1.807, 2.05) is 0 Å². The van der Waals surface area contributed by atoms with E-state index in [4.69, 9.17) is 16.3 Å². The van der Waals surface area contributed by atoms with Crippen molar-refractivity contribution in [3.63, 3.8) is 0 Å². The van der Waals surface area contributed by atoms with E-state index in [0.717, 1.165) is 6.26 Å². The van der Waals surface area contributed by atoms with Crippen molar-refractivity contribution in [2.75, 3.05) is 11.6 Å². The quantitative estimate of drug-likeness (QED) is 0.738. The molecule has 2 aromatic carbocycles. The Morgan fingerprint density at radius 1 is 1.19 bits per heavy atom. The Morgan fingerprint density at radius 2 is 1.85 bits per heavy atom. The van der Waals surface area contributed by atoms with Crippen LogP contribution in [-0.2, 0) is 25.1 Å². The number of nitrogens with one attached hydrogen (secondary N) is 1. The fraction of sp³-hybridized carbons (Fsp3) is 0.263. The van der Waals surface area contributed by atoms with Gasteiger partial charge in [0.25, 0.3) is 5.91 Å². The molecular formula is C19H20ClNO5S. The molecule has 1 amide bonds. The zero-order valence-electron chi connectivity index (χ0n) is 15.2. The summed E-state index contributed by atoms with van der Waals surface area (Å²) < 4.78 is 28.0. The Kier molecular flexibility index (Phi) is 6.62. The lowest BCUT2D eigenvalue weighted by Gasteiger charge is -2.15. The summed E-state index contributed by atoms with van der Waals surface area (Å²) in [6.07, 6.45) is 0.0665. The summed E-state index contributed by atoms with van der Waals surface area (Å²) in [6, 6.07) is 11.2. The average molecular weight is 410 g/mol. The fourth-order valence-electron chi connectivity index (χ4n) is 2.35. The van der Waals surface area contributed by atoms with Gasteiger partial charge in [-0.05, 0) is 49.2 Å². The van der Waals surface area contributed by atoms with Crippen molar-refractivity contribution < 1.29 is 22.7 Å². The fourth-order valence-corrected chi connectivity index (χ4v) is 3.31. The second kappa shape index (κ2) is 8.54. The number of anilines is 1. The van der Waals surface area contributed by atoms with Crippen LogP contribution in [0.3, 0.4) is 0 Å². The standard InChI is InChI=1S/C19H20ClNO5S/c1-12-16(20)8-5-9-17(12)21-18(22)13(2)26-19(23)15-7-4-6-14(10-15)11-27(3,24)25/h4-10,13H,11H2,1-3H3,(H,21,22)/t13-/m1/s1. The van der Waals surface area contributed by atoms with E-state index in [1.165, 1.54) is 19.1 Å². The minimum absolute atomic E-state index is 0.176. The third-order valence-corrected chi connectivity index (χ3v) is 5.04. The Balaban J connectivity index is 2.05. The van der Waals surface area contributed by atoms with Gasteiger partial charge in [0.2, 0.25) is 0 Å². The van der Waals surface area contributed by atoms with Gasteiger partial charge in [0.1, 0.15) is 0 Å². The average Bonchev–Trinajstić information content (AvgIpc) is 2.57. The molecule has 0 aliphatic heterocycles. The number of carbonyl (C=O) groups is 2. The summed E-state index contributed by atoms with van der Waals surface area (Å²) in [6.45, 7) is 3.22. The van der Waals surface area contributed by atoms with E-state index in [9.17, 15) is 18.0 Å². The van der Waals surface area contributed by atoms with Crippen molar-refractivity contribution in [2.45, 2.75) is 25.7 Å². The van der Waals surface area contributed by atoms with Crippen LogP contribution in [-0.4, -0.2) is 32.7 Å². The first kappa shape index (κ1) is 20.9. The number of hydrogen-bond donors (Lipinski definition) is 1. The number of amides is 1. The molecule has 144 valence electrons. The van der Waals surface area contributed by atoms with Crippen LogP contribution in [0.5, 0.6) is 0 Å². The van der Waals surface area contributed by atoms with Gasteiger partial charge in [-0.1, -0.05) is 29.8 Å². The van der Waals surface area contributed by atoms with Gasteiger partial charge >= 0.3 is 5.97 Å². The van der Waals surface area contributed by atoms with E-state index in [-0.39, 0.29) is 11.3 Å². The Hall–Kier alpha value is -2.38. The smallest absolute Gasteiger partial charge is 0.338 e. The lowest BCUT2D eigenvalue weighted by Crippen LogP contribution is -2.30. The number of halogens is 1. The summed E-state index contributed by atoms with van der Waals surface area (Å²) in [5, 5.41) is 3.18. The highest BCUT2D eigenvalue weighted by Crippen LogP contribution is 2.23. The highest BCUT2D eigenvalue weighted by atomic mass is 35.5. The third-order valence-electron chi connectivity index (χ3n) is 3.77. The minimum Gasteiger partial charge on any atom is -0.449 e. The molecule has 0 spiro atoms. The van der Waals surface area contributed by atoms with Crippen LogP contribution in [0, 0.1) is 6.92 Å². The number of carbonyl (C=O) groups excluding carboxylic acids is 2. The van der Waals surface area contributed by atoms with E-state index < -0.39 is 27.8 Å². The Labute approximate surface area is 163 Å². The molecule has 0 aliphatic rings. The van der Waals surface area contributed by atoms with Crippen LogP contribution in [0.15, 0.2) is 42.5 Å². The van der Waals surface area contributed by atoms with Crippen LogP contribution in [0.25, 0.3) is 0 Å². The maximum Gasteiger partial charge on any atom is 0.338 e. The molecule has 8 heteroatoms. The number of sulfone groups is 1. The first-order valence-corrected chi connectivity index (χ1v) is 10.5. The monoisotopic (exact) mass is 409 g/mol. The molecule has 0 bridgehead atoms. The second-order valence-corrected chi connectivity index (χ2v) is 8.77. The van der Waals surface area contributed by atoms with Gasteiger partial charge in [-0.2, -0.15) is 0 Å². The molecule has 0 aromatic heterocycles. The van der Waals surface area contributed by atoms with Crippen molar-refractivity contribution in [3.8, 4) is 0 Å². The summed E-state index contributed by atoms with van der Waals surface area (Å²) in [7, 11) is -3.23. The van der Waals surface area contributed by atoms with Gasteiger partial charge < -0.3 is 10.1 Å². The molecule has 0 fully saturated rings. The highest BCUT2D eigenvalue weighted by Gasteiger charge is 2.20. The van der Waals surface area contributed by atoms with E-state index >= 15 is 0 Å². The van der Waals surface area contributed by atoms with Gasteiger partial charge in [-0.15, -0.1) is 0 Å². The molecule has 0 aliphatic carbocycles. The van der Waals surface area contributed by atoms with Crippen LogP contribution < -0.4 is 5.32 Å². The molecule has 27 heavy (non-hydrogen) atoms. The Bertz CT molecular complexity index is 972.